The third-order valence-corrected chi connectivity index (χ3v) is 15.1. The van der Waals surface area contributed by atoms with E-state index in [1.807, 2.05) is 85.5 Å². The van der Waals surface area contributed by atoms with Crippen LogP contribution in [0.5, 0.6) is 11.5 Å². The normalized spacial score (nSPS) is 27.9. The number of fused-ring (bicyclic) bond motifs is 3. The van der Waals surface area contributed by atoms with Crippen LogP contribution in [0.25, 0.3) is 22.2 Å². The van der Waals surface area contributed by atoms with Gasteiger partial charge >= 0.3 is 0 Å². The molecule has 4 amide bonds. The lowest BCUT2D eigenvalue weighted by molar-refractivity contribution is -0.145. The van der Waals surface area contributed by atoms with E-state index >= 15 is 0 Å². The molecule has 0 bridgehead atoms. The number of hydrogen-bond acceptors (Lipinski definition) is 10. The fraction of sp³-hybridized carbons (Fsp3) is 0.543. The summed E-state index contributed by atoms with van der Waals surface area (Å²) in [6, 6.07) is 16.0. The molecule has 8 rings (SSSR count). The average Bonchev–Trinajstić information content (AvgIpc) is 4.11. The van der Waals surface area contributed by atoms with Gasteiger partial charge in [-0.1, -0.05) is 55.3 Å². The van der Waals surface area contributed by atoms with Crippen molar-refractivity contribution < 1.29 is 37.1 Å². The van der Waals surface area contributed by atoms with Gasteiger partial charge in [0.1, 0.15) is 29.2 Å². The van der Waals surface area contributed by atoms with Crippen LogP contribution in [0.4, 0.5) is 0 Å². The maximum absolute atomic E-state index is 15.0. The molecule has 6 atom stereocenters. The van der Waals surface area contributed by atoms with Gasteiger partial charge in [-0.05, 0) is 76.8 Å². The first kappa shape index (κ1) is 42.7. The molecular weight excluding hydrogens is 797 g/mol. The zero-order chi connectivity index (χ0) is 43.1. The maximum atomic E-state index is 15.0. The molecule has 5 aliphatic rings. The van der Waals surface area contributed by atoms with Gasteiger partial charge < -0.3 is 30.3 Å². The van der Waals surface area contributed by atoms with Crippen molar-refractivity contribution in [3.63, 3.8) is 0 Å². The molecule has 326 valence electrons. The Kier molecular flexibility index (Phi) is 11.9. The highest BCUT2D eigenvalue weighted by Crippen LogP contribution is 2.46. The topological polar surface area (TPSA) is 190 Å². The van der Waals surface area contributed by atoms with Gasteiger partial charge in [0.05, 0.1) is 30.1 Å². The number of ether oxygens (including phenoxy) is 2. The molecule has 61 heavy (non-hydrogen) atoms. The molecule has 3 aliphatic heterocycles. The van der Waals surface area contributed by atoms with Crippen LogP contribution in [0, 0.1) is 17.8 Å². The number of allylic oxidation sites excluding steroid dienone is 1. The Morgan fingerprint density at radius 2 is 1.80 bits per heavy atom. The van der Waals surface area contributed by atoms with Crippen LogP contribution in [0.1, 0.15) is 84.5 Å². The van der Waals surface area contributed by atoms with Gasteiger partial charge in [-0.25, -0.2) is 13.4 Å². The van der Waals surface area contributed by atoms with Crippen molar-refractivity contribution in [2.45, 2.75) is 113 Å². The predicted octanol–water partition coefficient (Wildman–Crippen LogP) is 4.85. The second-order valence-electron chi connectivity index (χ2n) is 18.3. The quantitative estimate of drug-likeness (QED) is 0.238. The van der Waals surface area contributed by atoms with Crippen LogP contribution in [0.15, 0.2) is 66.7 Å². The Morgan fingerprint density at radius 3 is 2.52 bits per heavy atom. The standard InChI is InChI=1S/C46H58N6O8S/c1-45(2,47)32-20-21-51(27-32)41(53)22-30-14-8-5-4-6-11-15-31-26-46(31,44(56)50-61(57,58)35-17-18-35)49-42(54)39-24-34(28-52(39)43(30)55)60-40-25-37(29-12-9-7-10-13-29)48-38-23-33(59-3)16-19-36(38)40/h7,9-13,15-16,19,23,25,30-32,34-35,39H,4-6,8,14,17-18,20-22,24,26-28,47H2,1-3H3,(H,49,54)(H,50,56)/b15-11-/t30-,31?,32-,34-,39+,46-/m1/s1. The monoisotopic (exact) mass is 854 g/mol. The highest BCUT2D eigenvalue weighted by molar-refractivity contribution is 7.91. The van der Waals surface area contributed by atoms with Gasteiger partial charge in [0.15, 0.2) is 0 Å². The lowest BCUT2D eigenvalue weighted by Gasteiger charge is -2.30. The van der Waals surface area contributed by atoms with E-state index in [-0.39, 0.29) is 43.5 Å². The molecule has 3 aromatic rings. The second-order valence-corrected chi connectivity index (χ2v) is 20.3. The van der Waals surface area contributed by atoms with Crippen molar-refractivity contribution in [3.05, 3.63) is 66.7 Å². The lowest BCUT2D eigenvalue weighted by Crippen LogP contribution is -2.57. The van der Waals surface area contributed by atoms with Crippen LogP contribution >= 0.6 is 0 Å². The molecule has 0 spiro atoms. The summed E-state index contributed by atoms with van der Waals surface area (Å²) in [6.07, 6.45) is 8.84. The summed E-state index contributed by atoms with van der Waals surface area (Å²) in [5, 5.41) is 3.05. The maximum Gasteiger partial charge on any atom is 0.259 e. The van der Waals surface area contributed by atoms with Gasteiger partial charge in [0, 0.05) is 66.4 Å². The van der Waals surface area contributed by atoms with Crippen molar-refractivity contribution in [2.24, 2.45) is 23.5 Å². The molecular formula is C46H58N6O8S. The van der Waals surface area contributed by atoms with E-state index in [1.54, 1.807) is 7.11 Å². The molecule has 2 aliphatic carbocycles. The smallest absolute Gasteiger partial charge is 0.259 e. The third kappa shape index (κ3) is 9.28. The zero-order valence-corrected chi connectivity index (χ0v) is 36.1. The highest BCUT2D eigenvalue weighted by atomic mass is 32.2. The van der Waals surface area contributed by atoms with Gasteiger partial charge in [-0.3, -0.25) is 23.9 Å². The number of sulfonamides is 1. The third-order valence-electron chi connectivity index (χ3n) is 13.3. The van der Waals surface area contributed by atoms with E-state index in [0.29, 0.717) is 66.9 Å². The number of pyridine rings is 1. The summed E-state index contributed by atoms with van der Waals surface area (Å²) < 4.78 is 40.5. The van der Waals surface area contributed by atoms with Gasteiger partial charge in [0.25, 0.3) is 5.91 Å². The van der Waals surface area contributed by atoms with E-state index in [2.05, 4.69) is 10.0 Å². The van der Waals surface area contributed by atoms with E-state index in [0.717, 1.165) is 31.2 Å². The second kappa shape index (κ2) is 17.0. The number of nitrogens with two attached hydrogens (primary N) is 1. The van der Waals surface area contributed by atoms with Crippen LogP contribution < -0.4 is 25.2 Å². The van der Waals surface area contributed by atoms with Gasteiger partial charge in [-0.15, -0.1) is 0 Å². The number of carbonyl (C=O) groups excluding carboxylic acids is 4. The minimum Gasteiger partial charge on any atom is -0.497 e. The predicted molar refractivity (Wildman–Crippen MR) is 231 cm³/mol. The first-order valence-corrected chi connectivity index (χ1v) is 23.3. The van der Waals surface area contributed by atoms with E-state index in [4.69, 9.17) is 20.2 Å². The van der Waals surface area contributed by atoms with E-state index in [9.17, 15) is 27.6 Å². The molecule has 4 N–H and O–H groups in total. The first-order valence-electron chi connectivity index (χ1n) is 21.8. The molecule has 14 nitrogen and oxygen atoms in total. The summed E-state index contributed by atoms with van der Waals surface area (Å²) >= 11 is 0. The summed E-state index contributed by atoms with van der Waals surface area (Å²) in [6.45, 7) is 5.09. The van der Waals surface area contributed by atoms with E-state index in [1.165, 1.54) is 4.90 Å². The SMILES string of the molecule is COc1ccc2c(O[C@@H]3C[C@H]4C(=O)N[C@]5(C(=O)NS(=O)(=O)C6CC6)CC5/C=C\CCCCC[C@H](CC(=O)N5CC[C@@H](C(C)(C)N)C5)C(=O)N4C3)cc(-c3ccccc3)nc2c1. The van der Waals surface area contributed by atoms with Crippen molar-refractivity contribution in [2.75, 3.05) is 26.7 Å². The first-order chi connectivity index (χ1) is 29.1. The van der Waals surface area contributed by atoms with Crippen LogP contribution in [-0.2, 0) is 29.2 Å². The van der Waals surface area contributed by atoms with Crippen molar-refractivity contribution in [1.82, 2.24) is 24.8 Å². The number of likely N-dealkylation sites (tertiary alicyclic amines) is 1. The number of hydrogen-bond donors (Lipinski definition) is 3. The number of carbonyl (C=O) groups is 4. The van der Waals surface area contributed by atoms with Crippen molar-refractivity contribution >= 4 is 44.6 Å². The van der Waals surface area contributed by atoms with Crippen LogP contribution in [-0.4, -0.2) is 102 Å². The fourth-order valence-electron chi connectivity index (χ4n) is 9.25. The number of benzene rings is 2. The van der Waals surface area contributed by atoms with Gasteiger partial charge in [-0.2, -0.15) is 0 Å². The summed E-state index contributed by atoms with van der Waals surface area (Å²) in [7, 11) is -2.31. The summed E-state index contributed by atoms with van der Waals surface area (Å²) in [5.41, 5.74) is 6.67. The lowest BCUT2D eigenvalue weighted by atomic mass is 9.88. The van der Waals surface area contributed by atoms with Gasteiger partial charge in [0.2, 0.25) is 27.7 Å². The van der Waals surface area contributed by atoms with Crippen molar-refractivity contribution in [3.8, 4) is 22.8 Å². The molecule has 2 saturated carbocycles. The number of amides is 4. The largest absolute Gasteiger partial charge is 0.497 e. The number of rotatable bonds is 10. The van der Waals surface area contributed by atoms with Crippen LogP contribution in [0.2, 0.25) is 0 Å². The zero-order valence-electron chi connectivity index (χ0n) is 35.3. The molecule has 2 saturated heterocycles. The average molecular weight is 855 g/mol. The molecule has 1 unspecified atom stereocenters. The molecule has 2 aromatic carbocycles. The highest BCUT2D eigenvalue weighted by Gasteiger charge is 2.62. The Bertz CT molecular complexity index is 2310. The number of nitrogens with zero attached hydrogens (tertiary/aromatic N) is 3. The Morgan fingerprint density at radius 1 is 1.02 bits per heavy atom. The molecule has 0 radical (unpaired) electrons. The molecule has 15 heteroatoms. The minimum atomic E-state index is -3.90. The Hall–Kier alpha value is -5.02. The summed E-state index contributed by atoms with van der Waals surface area (Å²) in [5.74, 6) is -1.61. The molecule has 1 aromatic heterocycles. The summed E-state index contributed by atoms with van der Waals surface area (Å²) in [4.78, 5) is 65.8. The Labute approximate surface area is 358 Å². The molecule has 4 fully saturated rings. The Balaban J connectivity index is 1.12. The number of nitrogens with one attached hydrogen (secondary N) is 2. The van der Waals surface area contributed by atoms with Crippen LogP contribution in [0.3, 0.4) is 0 Å². The number of aromatic nitrogens is 1. The van der Waals surface area contributed by atoms with E-state index < -0.39 is 62.1 Å². The fourth-order valence-corrected chi connectivity index (χ4v) is 10.6. The minimum absolute atomic E-state index is 0.00246. The van der Waals surface area contributed by atoms with Crippen molar-refractivity contribution in [1.29, 1.82) is 0 Å². The molecule has 4 heterocycles. The number of methoxy groups -OCH3 is 1.